The summed E-state index contributed by atoms with van der Waals surface area (Å²) in [5, 5.41) is 34.0. The van der Waals surface area contributed by atoms with Crippen molar-refractivity contribution in [3.63, 3.8) is 0 Å². The second-order valence-corrected chi connectivity index (χ2v) is 11.7. The first-order valence-electron chi connectivity index (χ1n) is 16.2. The monoisotopic (exact) mass is 637 g/mol. The topological polar surface area (TPSA) is 149 Å². The van der Waals surface area contributed by atoms with Crippen molar-refractivity contribution in [2.24, 2.45) is 5.92 Å². The minimum absolute atomic E-state index is 0.0562. The largest absolute Gasteiger partial charge is 0.494 e. The molecule has 4 N–H and O–H groups in total. The Hall–Kier alpha value is -3.77. The number of aliphatic hydroxyl groups excluding tert-OH is 2. The van der Waals surface area contributed by atoms with Crippen molar-refractivity contribution in [2.45, 2.75) is 70.4 Å². The third-order valence-corrected chi connectivity index (χ3v) is 8.65. The zero-order chi connectivity index (χ0) is 33.3. The number of unbranched alkanes of at least 4 members (excludes halogenated alkanes) is 2. The maximum Gasteiger partial charge on any atom is 0.305 e. The Morgan fingerprint density at radius 2 is 1.87 bits per heavy atom. The van der Waals surface area contributed by atoms with Crippen LogP contribution in [0.25, 0.3) is 0 Å². The van der Waals surface area contributed by atoms with Gasteiger partial charge in [0.15, 0.2) is 5.60 Å². The van der Waals surface area contributed by atoms with E-state index < -0.39 is 23.5 Å². The van der Waals surface area contributed by atoms with Crippen molar-refractivity contribution in [2.75, 3.05) is 49.8 Å². The van der Waals surface area contributed by atoms with Gasteiger partial charge in [-0.15, -0.1) is 0 Å². The Bertz CT molecular complexity index is 1410. The first kappa shape index (κ1) is 35.1. The number of fused-ring (bicyclic) bond motifs is 2. The number of anilines is 3. The van der Waals surface area contributed by atoms with Gasteiger partial charge in [-0.3, -0.25) is 19.3 Å². The van der Waals surface area contributed by atoms with Gasteiger partial charge < -0.3 is 35.0 Å². The highest BCUT2D eigenvalue weighted by atomic mass is 16.5. The molecule has 0 fully saturated rings. The second kappa shape index (κ2) is 16.2. The maximum atomic E-state index is 14.1. The molecule has 0 aromatic heterocycles. The van der Waals surface area contributed by atoms with E-state index in [1.165, 1.54) is 7.11 Å². The van der Waals surface area contributed by atoms with Crippen LogP contribution in [0.2, 0.25) is 0 Å². The summed E-state index contributed by atoms with van der Waals surface area (Å²) in [6, 6.07) is 10.4. The lowest BCUT2D eigenvalue weighted by Crippen LogP contribution is -2.49. The lowest BCUT2D eigenvalue weighted by Gasteiger charge is -2.35. The van der Waals surface area contributed by atoms with Crippen LogP contribution < -0.4 is 19.9 Å². The zero-order valence-corrected chi connectivity index (χ0v) is 27.0. The van der Waals surface area contributed by atoms with Gasteiger partial charge in [-0.05, 0) is 94.0 Å². The number of hydrogen-bond donors (Lipinski definition) is 4. The van der Waals surface area contributed by atoms with Crippen molar-refractivity contribution in [1.29, 1.82) is 0 Å². The van der Waals surface area contributed by atoms with E-state index in [4.69, 9.17) is 9.47 Å². The third kappa shape index (κ3) is 7.44. The number of carbonyl (C=O) groups excluding carboxylic acids is 3. The van der Waals surface area contributed by atoms with Crippen LogP contribution in [0.1, 0.15) is 63.5 Å². The summed E-state index contributed by atoms with van der Waals surface area (Å²) in [6.45, 7) is 5.06. The summed E-state index contributed by atoms with van der Waals surface area (Å²) in [6.07, 6.45) is 6.94. The minimum atomic E-state index is -1.91. The van der Waals surface area contributed by atoms with Gasteiger partial charge in [0, 0.05) is 43.3 Å². The number of nitrogens with zero attached hydrogens (tertiary/aromatic N) is 2. The predicted molar refractivity (Wildman–Crippen MR) is 175 cm³/mol. The zero-order valence-electron chi connectivity index (χ0n) is 27.0. The summed E-state index contributed by atoms with van der Waals surface area (Å²) >= 11 is 0. The molecule has 4 rings (SSSR count). The first-order valence-corrected chi connectivity index (χ1v) is 16.2. The Labute approximate surface area is 270 Å². The number of methoxy groups -OCH3 is 1. The molecule has 2 aromatic rings. The molecule has 2 aliphatic rings. The molecule has 2 amide bonds. The molecular formula is C35H47N3O8. The normalized spacial score (nSPS) is 19.8. The smallest absolute Gasteiger partial charge is 0.305 e. The molecule has 0 bridgehead atoms. The van der Waals surface area contributed by atoms with Crippen LogP contribution >= 0.6 is 0 Å². The van der Waals surface area contributed by atoms with Crippen LogP contribution in [-0.2, 0) is 31.1 Å². The molecule has 0 saturated heterocycles. The standard InChI is InChI=1S/C35H47N3O8/c1-4-46-27-14-16-30-25(21-27)22-29(36-17-7-10-20-40)33(42)38(30)26-13-15-31-28(23-26)35(44,24(2)11-6-9-19-39)34(43)37(31)18-8-5-12-32(41)45-3/h6,11,13-16,21,23-24,29,36,39-40,44H,4-5,7-10,12,17-20,22H2,1-3H3/b11-6+/t24-,29?,35+/m1/s1. The van der Waals surface area contributed by atoms with E-state index in [1.807, 2.05) is 25.1 Å². The van der Waals surface area contributed by atoms with E-state index in [0.29, 0.717) is 80.2 Å². The molecular weight excluding hydrogens is 590 g/mol. The molecule has 46 heavy (non-hydrogen) atoms. The van der Waals surface area contributed by atoms with Crippen LogP contribution in [0, 0.1) is 5.92 Å². The molecule has 0 saturated carbocycles. The van der Waals surface area contributed by atoms with E-state index in [1.54, 1.807) is 47.1 Å². The highest BCUT2D eigenvalue weighted by Gasteiger charge is 2.52. The lowest BCUT2D eigenvalue weighted by atomic mass is 9.82. The Morgan fingerprint density at radius 1 is 1.09 bits per heavy atom. The van der Waals surface area contributed by atoms with Crippen LogP contribution in [0.5, 0.6) is 5.75 Å². The van der Waals surface area contributed by atoms with E-state index in [-0.39, 0.29) is 31.5 Å². The summed E-state index contributed by atoms with van der Waals surface area (Å²) in [5.74, 6) is -0.898. The maximum absolute atomic E-state index is 14.1. The molecule has 2 aliphatic heterocycles. The number of ether oxygens (including phenoxy) is 2. The van der Waals surface area contributed by atoms with Crippen molar-refractivity contribution in [1.82, 2.24) is 5.32 Å². The third-order valence-electron chi connectivity index (χ3n) is 8.65. The number of aliphatic hydroxyl groups is 3. The van der Waals surface area contributed by atoms with Crippen molar-refractivity contribution in [3.05, 3.63) is 59.7 Å². The van der Waals surface area contributed by atoms with Gasteiger partial charge in [0.05, 0.1) is 31.1 Å². The van der Waals surface area contributed by atoms with Crippen molar-refractivity contribution < 1.29 is 39.2 Å². The fourth-order valence-corrected chi connectivity index (χ4v) is 6.17. The van der Waals surface area contributed by atoms with E-state index in [0.717, 1.165) is 12.0 Å². The number of amides is 2. The van der Waals surface area contributed by atoms with E-state index >= 15 is 0 Å². The fourth-order valence-electron chi connectivity index (χ4n) is 6.17. The summed E-state index contributed by atoms with van der Waals surface area (Å²) in [5.41, 5.74) is 1.16. The number of carbonyl (C=O) groups is 3. The van der Waals surface area contributed by atoms with Gasteiger partial charge in [-0.2, -0.15) is 0 Å². The highest BCUT2D eigenvalue weighted by Crippen LogP contribution is 2.48. The number of esters is 1. The Morgan fingerprint density at radius 3 is 2.59 bits per heavy atom. The number of rotatable bonds is 17. The van der Waals surface area contributed by atoms with Crippen molar-refractivity contribution in [3.8, 4) is 5.75 Å². The Balaban J connectivity index is 1.75. The summed E-state index contributed by atoms with van der Waals surface area (Å²) in [7, 11) is 1.34. The summed E-state index contributed by atoms with van der Waals surface area (Å²) < 4.78 is 10.5. The Kier molecular flexibility index (Phi) is 12.3. The number of benzene rings is 2. The van der Waals surface area contributed by atoms with Gasteiger partial charge in [0.2, 0.25) is 5.91 Å². The molecule has 0 spiro atoms. The summed E-state index contributed by atoms with van der Waals surface area (Å²) in [4.78, 5) is 42.9. The first-order chi connectivity index (χ1) is 22.2. The molecule has 250 valence electrons. The van der Waals surface area contributed by atoms with Gasteiger partial charge >= 0.3 is 5.97 Å². The van der Waals surface area contributed by atoms with Gasteiger partial charge in [0.1, 0.15) is 5.75 Å². The van der Waals surface area contributed by atoms with Gasteiger partial charge in [0.25, 0.3) is 5.91 Å². The number of nitrogens with one attached hydrogen (secondary N) is 1. The van der Waals surface area contributed by atoms with E-state index in [9.17, 15) is 29.7 Å². The van der Waals surface area contributed by atoms with Crippen molar-refractivity contribution >= 4 is 34.8 Å². The van der Waals surface area contributed by atoms with Crippen LogP contribution in [0.4, 0.5) is 17.1 Å². The molecule has 11 nitrogen and oxygen atoms in total. The minimum Gasteiger partial charge on any atom is -0.494 e. The molecule has 0 radical (unpaired) electrons. The second-order valence-electron chi connectivity index (χ2n) is 11.7. The highest BCUT2D eigenvalue weighted by molar-refractivity contribution is 6.10. The average molecular weight is 638 g/mol. The van der Waals surface area contributed by atoms with Gasteiger partial charge in [-0.1, -0.05) is 19.1 Å². The SMILES string of the molecule is CCOc1ccc2c(c1)CC(NCCCCO)C(=O)N2c1ccc2c(c1)[C@@](O)([C@H](C)/C=C/CCO)C(=O)N2CCCCC(=O)OC. The van der Waals surface area contributed by atoms with Crippen LogP contribution in [0.3, 0.4) is 0 Å². The van der Waals surface area contributed by atoms with E-state index in [2.05, 4.69) is 5.32 Å². The van der Waals surface area contributed by atoms with Gasteiger partial charge in [-0.25, -0.2) is 0 Å². The number of hydrogen-bond acceptors (Lipinski definition) is 9. The molecule has 3 atom stereocenters. The average Bonchev–Trinajstić information content (AvgIpc) is 3.27. The molecule has 1 unspecified atom stereocenters. The molecule has 2 heterocycles. The lowest BCUT2D eigenvalue weighted by molar-refractivity contribution is -0.140. The molecule has 2 aromatic carbocycles. The quantitative estimate of drug-likeness (QED) is 0.116. The van der Waals surface area contributed by atoms with Crippen LogP contribution in [0.15, 0.2) is 48.6 Å². The predicted octanol–water partition coefficient (Wildman–Crippen LogP) is 3.49. The molecule has 11 heteroatoms. The fraction of sp³-hybridized carbons (Fsp3) is 0.514. The van der Waals surface area contributed by atoms with Crippen LogP contribution in [-0.4, -0.2) is 79.2 Å². The molecule has 0 aliphatic carbocycles.